The molecular weight excluding hydrogens is 425 g/mol. The third-order valence-corrected chi connectivity index (χ3v) is 4.96. The minimum Gasteiger partial charge on any atom is -0.393 e. The van der Waals surface area contributed by atoms with E-state index in [2.05, 4.69) is 19.9 Å². The van der Waals surface area contributed by atoms with Gasteiger partial charge in [-0.15, -0.1) is 0 Å². The first-order valence-corrected chi connectivity index (χ1v) is 9.43. The monoisotopic (exact) mass is 442 g/mol. The lowest BCUT2D eigenvalue weighted by Crippen LogP contribution is -2.32. The molecule has 4 heterocycles. The molecule has 0 fully saturated rings. The molecule has 0 amide bonds. The molecule has 3 N–H and O–H groups in total. The third-order valence-electron chi connectivity index (χ3n) is 4.96. The van der Waals surface area contributed by atoms with Gasteiger partial charge in [0.1, 0.15) is 17.4 Å². The summed E-state index contributed by atoms with van der Waals surface area (Å²) >= 11 is 0. The van der Waals surface area contributed by atoms with Gasteiger partial charge in [0, 0.05) is 29.7 Å². The second-order valence-corrected chi connectivity index (χ2v) is 7.08. The lowest BCUT2D eigenvalue weighted by Gasteiger charge is -2.15. The van der Waals surface area contributed by atoms with Gasteiger partial charge in [-0.2, -0.15) is 13.2 Å². The molecule has 0 aliphatic heterocycles. The van der Waals surface area contributed by atoms with E-state index < -0.39 is 30.2 Å². The summed E-state index contributed by atoms with van der Waals surface area (Å²) in [5, 5.41) is 9.48. The summed E-state index contributed by atoms with van der Waals surface area (Å²) in [6.45, 7) is 1.35. The number of fused-ring (bicyclic) bond motifs is 1. The van der Waals surface area contributed by atoms with Gasteiger partial charge in [0.25, 0.3) is 5.56 Å². The number of aromatic nitrogens is 5. The number of hydrogen-bond donors (Lipinski definition) is 2. The molecule has 32 heavy (non-hydrogen) atoms. The molecule has 0 aliphatic rings. The van der Waals surface area contributed by atoms with Gasteiger partial charge in [-0.05, 0) is 36.8 Å². The maximum absolute atomic E-state index is 13.1. The number of halogens is 3. The Morgan fingerprint density at radius 1 is 1.19 bits per heavy atom. The Labute approximate surface area is 179 Å². The zero-order valence-electron chi connectivity index (χ0n) is 16.7. The lowest BCUT2D eigenvalue weighted by molar-refractivity contribution is -0.141. The highest BCUT2D eigenvalue weighted by Gasteiger charge is 2.32. The van der Waals surface area contributed by atoms with Gasteiger partial charge in [0.2, 0.25) is 0 Å². The summed E-state index contributed by atoms with van der Waals surface area (Å²) in [6.07, 6.45) is -0.144. The van der Waals surface area contributed by atoms with Crippen molar-refractivity contribution < 1.29 is 18.3 Å². The predicted octanol–water partition coefficient (Wildman–Crippen LogP) is 2.69. The van der Waals surface area contributed by atoms with Gasteiger partial charge < -0.3 is 10.8 Å². The largest absolute Gasteiger partial charge is 0.433 e. The Hall–Kier alpha value is -3.70. The summed E-state index contributed by atoms with van der Waals surface area (Å²) in [5.41, 5.74) is 6.78. The van der Waals surface area contributed by atoms with Crippen molar-refractivity contribution in [2.45, 2.75) is 19.3 Å². The molecule has 164 valence electrons. The Balaban J connectivity index is 2.01. The van der Waals surface area contributed by atoms with Crippen LogP contribution in [0.3, 0.4) is 0 Å². The second-order valence-electron chi connectivity index (χ2n) is 7.08. The molecular formula is C21H17F3N6O2. The maximum atomic E-state index is 13.1. The van der Waals surface area contributed by atoms with Crippen LogP contribution in [0.5, 0.6) is 0 Å². The maximum Gasteiger partial charge on any atom is 0.433 e. The van der Waals surface area contributed by atoms with Crippen LogP contribution in [0.2, 0.25) is 0 Å². The van der Waals surface area contributed by atoms with Crippen molar-refractivity contribution in [1.29, 1.82) is 0 Å². The average molecular weight is 442 g/mol. The van der Waals surface area contributed by atoms with Crippen molar-refractivity contribution in [1.82, 2.24) is 24.5 Å². The van der Waals surface area contributed by atoms with Crippen LogP contribution in [0.1, 0.15) is 17.4 Å². The van der Waals surface area contributed by atoms with Crippen LogP contribution in [0, 0.1) is 6.92 Å². The van der Waals surface area contributed by atoms with Gasteiger partial charge in [0.05, 0.1) is 29.7 Å². The topological polar surface area (TPSA) is 120 Å². The van der Waals surface area contributed by atoms with Gasteiger partial charge in [-0.1, -0.05) is 0 Å². The predicted molar refractivity (Wildman–Crippen MR) is 110 cm³/mol. The normalized spacial score (nSPS) is 12.8. The van der Waals surface area contributed by atoms with Crippen molar-refractivity contribution in [2.75, 3.05) is 6.61 Å². The summed E-state index contributed by atoms with van der Waals surface area (Å²) < 4.78 is 39.8. The highest BCUT2D eigenvalue weighted by Crippen LogP contribution is 2.32. The smallest absolute Gasteiger partial charge is 0.393 e. The van der Waals surface area contributed by atoms with Crippen LogP contribution in [-0.2, 0) is 6.18 Å². The number of aliphatic hydroxyl groups is 1. The number of aryl methyl sites for hydroxylation is 1. The number of aliphatic hydroxyl groups excluding tert-OH is 1. The molecule has 0 aliphatic carbocycles. The van der Waals surface area contributed by atoms with Crippen molar-refractivity contribution in [3.63, 3.8) is 0 Å². The first kappa shape index (κ1) is 21.5. The van der Waals surface area contributed by atoms with E-state index in [4.69, 9.17) is 5.73 Å². The lowest BCUT2D eigenvalue weighted by atomic mass is 10.0. The molecule has 0 bridgehead atoms. The molecule has 0 radical (unpaired) electrons. The summed E-state index contributed by atoms with van der Waals surface area (Å²) in [5.74, 6) is 0. The number of nitrogens with zero attached hydrogens (tertiary/aromatic N) is 5. The Bertz CT molecular complexity index is 1350. The fourth-order valence-electron chi connectivity index (χ4n) is 3.23. The molecule has 4 rings (SSSR count). The Kier molecular flexibility index (Phi) is 5.45. The molecule has 4 aromatic rings. The van der Waals surface area contributed by atoms with Crippen LogP contribution in [0.4, 0.5) is 13.2 Å². The van der Waals surface area contributed by atoms with E-state index in [1.54, 1.807) is 18.5 Å². The molecule has 8 nitrogen and oxygen atoms in total. The minimum atomic E-state index is -4.58. The molecule has 0 saturated heterocycles. The van der Waals surface area contributed by atoms with Crippen molar-refractivity contribution in [2.24, 2.45) is 5.73 Å². The van der Waals surface area contributed by atoms with Crippen LogP contribution in [0.25, 0.3) is 33.4 Å². The molecule has 0 unspecified atom stereocenters. The zero-order valence-corrected chi connectivity index (χ0v) is 16.7. The van der Waals surface area contributed by atoms with Crippen LogP contribution in [-0.4, -0.2) is 36.2 Å². The number of pyridine rings is 3. The second kappa shape index (κ2) is 8.09. The van der Waals surface area contributed by atoms with Gasteiger partial charge in [-0.25, -0.2) is 9.97 Å². The molecule has 4 aromatic heterocycles. The molecule has 1 atom stereocenters. The van der Waals surface area contributed by atoms with E-state index in [0.717, 1.165) is 22.4 Å². The Morgan fingerprint density at radius 3 is 2.59 bits per heavy atom. The quantitative estimate of drug-likeness (QED) is 0.499. The molecule has 0 spiro atoms. The van der Waals surface area contributed by atoms with Crippen LogP contribution >= 0.6 is 0 Å². The van der Waals surface area contributed by atoms with Crippen molar-refractivity contribution >= 4 is 10.9 Å². The summed E-state index contributed by atoms with van der Waals surface area (Å²) in [4.78, 5) is 29.6. The SMILES string of the molecule is Cc1ccncc1-c1nc(-c2ccc(C(F)(F)F)nc2)cc2c(=O)n([C@@H](N)CO)cnc12. The highest BCUT2D eigenvalue weighted by atomic mass is 19.4. The number of alkyl halides is 3. The third kappa shape index (κ3) is 3.83. The zero-order chi connectivity index (χ0) is 23.0. The molecule has 0 saturated carbocycles. The average Bonchev–Trinajstić information content (AvgIpc) is 2.78. The van der Waals surface area contributed by atoms with Gasteiger partial charge >= 0.3 is 6.18 Å². The molecule has 11 heteroatoms. The number of hydrogen-bond acceptors (Lipinski definition) is 7. The number of nitrogens with two attached hydrogens (primary N) is 1. The van der Waals surface area contributed by atoms with Crippen LogP contribution < -0.4 is 11.3 Å². The van der Waals surface area contributed by atoms with E-state index in [1.165, 1.54) is 18.5 Å². The highest BCUT2D eigenvalue weighted by molar-refractivity contribution is 5.94. The van der Waals surface area contributed by atoms with E-state index in [-0.39, 0.29) is 22.2 Å². The van der Waals surface area contributed by atoms with E-state index in [9.17, 15) is 23.1 Å². The minimum absolute atomic E-state index is 0.138. The van der Waals surface area contributed by atoms with E-state index >= 15 is 0 Å². The standard InChI is InChI=1S/C21H17F3N6O2/c1-11-4-5-26-8-14(11)19-18-13(20(32)30(10-28-18)17(25)9-31)6-15(29-19)12-2-3-16(27-7-12)21(22,23)24/h2-8,10,17,31H,9,25H2,1H3/t17-/m1/s1. The van der Waals surface area contributed by atoms with Gasteiger partial charge in [0.15, 0.2) is 0 Å². The number of rotatable bonds is 4. The van der Waals surface area contributed by atoms with Crippen molar-refractivity contribution in [3.8, 4) is 22.5 Å². The van der Waals surface area contributed by atoms with Gasteiger partial charge in [-0.3, -0.25) is 19.3 Å². The van der Waals surface area contributed by atoms with Crippen molar-refractivity contribution in [3.05, 3.63) is 70.8 Å². The fourth-order valence-corrected chi connectivity index (χ4v) is 3.23. The summed E-state index contributed by atoms with van der Waals surface area (Å²) in [7, 11) is 0. The first-order chi connectivity index (χ1) is 15.2. The Morgan fingerprint density at radius 2 is 1.97 bits per heavy atom. The van der Waals surface area contributed by atoms with E-state index in [0.29, 0.717) is 11.3 Å². The fraction of sp³-hybridized carbons (Fsp3) is 0.190. The molecule has 0 aromatic carbocycles. The summed E-state index contributed by atoms with van der Waals surface area (Å²) in [6, 6.07) is 5.26. The first-order valence-electron chi connectivity index (χ1n) is 9.43. The van der Waals surface area contributed by atoms with E-state index in [1.807, 2.05) is 6.92 Å². The van der Waals surface area contributed by atoms with Crippen LogP contribution in [0.15, 0.2) is 54.0 Å².